The van der Waals surface area contributed by atoms with Crippen LogP contribution in [-0.2, 0) is 47.5 Å². The Balaban J connectivity index is 5.39. The zero-order valence-electron chi connectivity index (χ0n) is 22.3. The highest BCUT2D eigenvalue weighted by Gasteiger charge is 2.34. The molecule has 0 fully saturated rings. The first-order chi connectivity index (χ1) is 17.5. The number of rotatable bonds is 22. The lowest BCUT2D eigenvalue weighted by atomic mass is 9.92. The van der Waals surface area contributed by atoms with Gasteiger partial charge in [-0.3, -0.25) is 0 Å². The van der Waals surface area contributed by atoms with E-state index in [0.29, 0.717) is 0 Å². The quantitative estimate of drug-likeness (QED) is 0.125. The van der Waals surface area contributed by atoms with Crippen LogP contribution < -0.4 is 0 Å². The molecule has 0 spiro atoms. The predicted octanol–water partition coefficient (Wildman–Crippen LogP) is 1.77. The number of esters is 3. The monoisotopic (exact) mass is 530 g/mol. The Bertz CT molecular complexity index is 636. The van der Waals surface area contributed by atoms with Crippen LogP contribution in [0.4, 0.5) is 0 Å². The molecule has 0 aliphatic carbocycles. The van der Waals surface area contributed by atoms with Gasteiger partial charge in [0.2, 0.25) is 0 Å². The summed E-state index contributed by atoms with van der Waals surface area (Å²) in [4.78, 5) is 34.3. The highest BCUT2D eigenvalue weighted by molar-refractivity contribution is 5.82. The fourth-order valence-electron chi connectivity index (χ4n) is 2.86. The van der Waals surface area contributed by atoms with Crippen molar-refractivity contribution in [1.82, 2.24) is 0 Å². The Morgan fingerprint density at radius 1 is 0.622 bits per heavy atom. The fraction of sp³-hybridized carbons (Fsp3) is 0.654. The molecular formula is C26H42O11. The molecule has 0 aromatic heterocycles. The first-order valence-corrected chi connectivity index (χ1v) is 11.9. The predicted molar refractivity (Wildman–Crippen MR) is 135 cm³/mol. The Kier molecular flexibility index (Phi) is 18.2. The number of aliphatic hydroxyl groups excluding tert-OH is 1. The molecule has 0 heterocycles. The average Bonchev–Trinajstić information content (AvgIpc) is 2.83. The molecule has 0 bridgehead atoms. The van der Waals surface area contributed by atoms with E-state index >= 15 is 0 Å². The van der Waals surface area contributed by atoms with Crippen LogP contribution >= 0.6 is 0 Å². The molecule has 212 valence electrons. The van der Waals surface area contributed by atoms with Crippen molar-refractivity contribution < 1.29 is 52.6 Å². The van der Waals surface area contributed by atoms with E-state index in [0.717, 1.165) is 18.2 Å². The van der Waals surface area contributed by atoms with Crippen LogP contribution in [0.5, 0.6) is 0 Å². The van der Waals surface area contributed by atoms with Gasteiger partial charge in [0.1, 0.15) is 18.3 Å². The van der Waals surface area contributed by atoms with E-state index in [1.165, 1.54) is 0 Å². The van der Waals surface area contributed by atoms with Gasteiger partial charge in [-0.2, -0.15) is 0 Å². The summed E-state index contributed by atoms with van der Waals surface area (Å²) in [6.45, 7) is 17.3. The molecule has 0 aliphatic heterocycles. The summed E-state index contributed by atoms with van der Waals surface area (Å²) in [6.07, 6.45) is 0.864. The fourth-order valence-corrected chi connectivity index (χ4v) is 2.86. The van der Waals surface area contributed by atoms with Gasteiger partial charge in [-0.05, 0) is 27.7 Å². The number of aliphatic hydroxyl groups is 1. The van der Waals surface area contributed by atoms with Gasteiger partial charge in [0.05, 0.1) is 64.4 Å². The molecule has 0 radical (unpaired) electrons. The summed E-state index contributed by atoms with van der Waals surface area (Å²) < 4.78 is 38.6. The Labute approximate surface area is 219 Å². The number of hydrogen-bond donors (Lipinski definition) is 1. The number of ether oxygens (including phenoxy) is 7. The van der Waals surface area contributed by atoms with E-state index in [1.54, 1.807) is 27.7 Å². The molecule has 11 nitrogen and oxygen atoms in total. The SMILES string of the molecule is C=CC(=O)OC(C)COCC(COCC(C)O)(COCC(C)OC(=O)C=C)COCC(C)OC(=O)C=C. The van der Waals surface area contributed by atoms with Gasteiger partial charge < -0.3 is 38.3 Å². The van der Waals surface area contributed by atoms with Gasteiger partial charge >= 0.3 is 17.9 Å². The van der Waals surface area contributed by atoms with E-state index in [1.807, 2.05) is 0 Å². The second-order valence-electron chi connectivity index (χ2n) is 8.76. The Morgan fingerprint density at radius 3 is 1.14 bits per heavy atom. The van der Waals surface area contributed by atoms with Crippen LogP contribution in [0, 0.1) is 5.41 Å². The summed E-state index contributed by atoms with van der Waals surface area (Å²) in [5.41, 5.74) is -0.874. The van der Waals surface area contributed by atoms with Crippen LogP contribution in [-0.4, -0.2) is 100 Å². The molecule has 0 saturated heterocycles. The van der Waals surface area contributed by atoms with Crippen molar-refractivity contribution in [1.29, 1.82) is 0 Å². The normalized spacial score (nSPS) is 15.8. The standard InChI is InChI=1S/C26H42O11/c1-8-23(28)35-20(5)12-32-16-26(15-31-11-19(4)27,17-33-13-21(6)36-24(29)9-2)18-34-14-22(7)37-25(30)10-3/h8-10,19-22,27H,1-3,11-18H2,4-7H3. The van der Waals surface area contributed by atoms with Crippen LogP contribution in [0.1, 0.15) is 27.7 Å². The molecule has 0 aromatic rings. The molecule has 0 rings (SSSR count). The first kappa shape index (κ1) is 34.4. The minimum Gasteiger partial charge on any atom is -0.457 e. The average molecular weight is 531 g/mol. The van der Waals surface area contributed by atoms with Crippen LogP contribution in [0.2, 0.25) is 0 Å². The van der Waals surface area contributed by atoms with Gasteiger partial charge in [0.15, 0.2) is 0 Å². The van der Waals surface area contributed by atoms with Gasteiger partial charge in [-0.1, -0.05) is 19.7 Å². The van der Waals surface area contributed by atoms with Gasteiger partial charge in [-0.25, -0.2) is 14.4 Å². The summed E-state index contributed by atoms with van der Waals surface area (Å²) in [5, 5.41) is 9.63. The minimum atomic E-state index is -0.874. The van der Waals surface area contributed by atoms with Crippen LogP contribution in [0.15, 0.2) is 38.0 Å². The molecule has 37 heavy (non-hydrogen) atoms. The van der Waals surface area contributed by atoms with E-state index in [9.17, 15) is 19.5 Å². The maximum atomic E-state index is 11.4. The van der Waals surface area contributed by atoms with Crippen molar-refractivity contribution in [2.75, 3.05) is 52.9 Å². The van der Waals surface area contributed by atoms with Crippen molar-refractivity contribution in [2.45, 2.75) is 52.1 Å². The molecule has 0 aliphatic rings. The van der Waals surface area contributed by atoms with Crippen molar-refractivity contribution in [3.05, 3.63) is 38.0 Å². The molecule has 4 unspecified atom stereocenters. The third-order valence-corrected chi connectivity index (χ3v) is 4.50. The van der Waals surface area contributed by atoms with Crippen LogP contribution in [0.3, 0.4) is 0 Å². The topological polar surface area (TPSA) is 136 Å². The van der Waals surface area contributed by atoms with Crippen molar-refractivity contribution in [2.24, 2.45) is 5.41 Å². The van der Waals surface area contributed by atoms with E-state index < -0.39 is 47.7 Å². The third kappa shape index (κ3) is 17.5. The summed E-state index contributed by atoms with van der Waals surface area (Å²) in [7, 11) is 0. The highest BCUT2D eigenvalue weighted by Crippen LogP contribution is 2.22. The zero-order valence-corrected chi connectivity index (χ0v) is 22.3. The van der Waals surface area contributed by atoms with Crippen LogP contribution in [0.25, 0.3) is 0 Å². The first-order valence-electron chi connectivity index (χ1n) is 11.9. The van der Waals surface area contributed by atoms with Gasteiger partial charge in [0, 0.05) is 18.2 Å². The molecule has 0 aromatic carbocycles. The van der Waals surface area contributed by atoms with Crippen molar-refractivity contribution in [3.8, 4) is 0 Å². The second kappa shape index (κ2) is 19.5. The lowest BCUT2D eigenvalue weighted by Gasteiger charge is -2.34. The molecule has 1 N–H and O–H groups in total. The molecule has 4 atom stereocenters. The number of hydrogen-bond acceptors (Lipinski definition) is 11. The number of carbonyl (C=O) groups excluding carboxylic acids is 3. The summed E-state index contributed by atoms with van der Waals surface area (Å²) >= 11 is 0. The van der Waals surface area contributed by atoms with E-state index in [4.69, 9.17) is 33.2 Å². The summed E-state index contributed by atoms with van der Waals surface area (Å²) in [6, 6.07) is 0. The molecule has 11 heteroatoms. The molecular weight excluding hydrogens is 488 g/mol. The second-order valence-corrected chi connectivity index (χ2v) is 8.76. The minimum absolute atomic E-state index is 0.0653. The molecule has 0 saturated carbocycles. The summed E-state index contributed by atoms with van der Waals surface area (Å²) in [5.74, 6) is -1.71. The van der Waals surface area contributed by atoms with E-state index in [2.05, 4.69) is 19.7 Å². The van der Waals surface area contributed by atoms with Gasteiger partial charge in [0.25, 0.3) is 0 Å². The lowest BCUT2D eigenvalue weighted by molar-refractivity contribution is -0.155. The maximum Gasteiger partial charge on any atom is 0.330 e. The Hall–Kier alpha value is -2.57. The highest BCUT2D eigenvalue weighted by atomic mass is 16.6. The van der Waals surface area contributed by atoms with Gasteiger partial charge in [-0.15, -0.1) is 0 Å². The lowest BCUT2D eigenvalue weighted by Crippen LogP contribution is -2.44. The van der Waals surface area contributed by atoms with E-state index in [-0.39, 0.29) is 52.9 Å². The molecule has 0 amide bonds. The smallest absolute Gasteiger partial charge is 0.330 e. The zero-order chi connectivity index (χ0) is 28.3. The Morgan fingerprint density at radius 2 is 0.892 bits per heavy atom. The van der Waals surface area contributed by atoms with Crippen molar-refractivity contribution >= 4 is 17.9 Å². The maximum absolute atomic E-state index is 11.4. The third-order valence-electron chi connectivity index (χ3n) is 4.50. The largest absolute Gasteiger partial charge is 0.457 e. The number of carbonyl (C=O) groups is 3. The van der Waals surface area contributed by atoms with Crippen molar-refractivity contribution in [3.63, 3.8) is 0 Å².